The van der Waals surface area contributed by atoms with Crippen LogP contribution in [-0.4, -0.2) is 14.9 Å². The Hall–Kier alpha value is -1.98. The Morgan fingerprint density at radius 2 is 1.76 bits per heavy atom. The molecule has 0 heterocycles. The SMILES string of the molecule is CC(C)(C)[Si](C)(C)OCCCCc1cc2c(cc1OCc1ccccc1)CCC1C2CC[C@]2(C)C(=C(F)F)CCC12. The zero-order valence-corrected chi connectivity index (χ0v) is 27.1. The lowest BCUT2D eigenvalue weighted by Gasteiger charge is -2.49. The van der Waals surface area contributed by atoms with Crippen molar-refractivity contribution in [3.63, 3.8) is 0 Å². The number of rotatable bonds is 9. The highest BCUT2D eigenvalue weighted by molar-refractivity contribution is 6.74. The Morgan fingerprint density at radius 1 is 1.00 bits per heavy atom. The van der Waals surface area contributed by atoms with Gasteiger partial charge in [-0.2, -0.15) is 8.78 Å². The smallest absolute Gasteiger partial charge is 0.270 e. The van der Waals surface area contributed by atoms with Crippen LogP contribution in [0.4, 0.5) is 8.78 Å². The lowest BCUT2D eigenvalue weighted by Crippen LogP contribution is -2.40. The third kappa shape index (κ3) is 6.22. The quantitative estimate of drug-likeness (QED) is 0.217. The second kappa shape index (κ2) is 12.0. The van der Waals surface area contributed by atoms with Gasteiger partial charge in [0.1, 0.15) is 12.4 Å². The summed E-state index contributed by atoms with van der Waals surface area (Å²) < 4.78 is 40.7. The van der Waals surface area contributed by atoms with E-state index in [4.69, 9.17) is 9.16 Å². The van der Waals surface area contributed by atoms with Crippen LogP contribution in [0.3, 0.4) is 0 Å². The molecule has 41 heavy (non-hydrogen) atoms. The van der Waals surface area contributed by atoms with E-state index in [0.29, 0.717) is 36.4 Å². The summed E-state index contributed by atoms with van der Waals surface area (Å²) in [5.41, 5.74) is 5.49. The van der Waals surface area contributed by atoms with Crippen molar-refractivity contribution in [1.29, 1.82) is 0 Å². The molecule has 0 aliphatic heterocycles. The normalized spacial score (nSPS) is 25.9. The number of aryl methyl sites for hydroxylation is 2. The van der Waals surface area contributed by atoms with Gasteiger partial charge in [0.2, 0.25) is 0 Å². The Kier molecular flexibility index (Phi) is 8.88. The molecule has 0 aromatic heterocycles. The molecule has 0 spiro atoms. The lowest BCUT2D eigenvalue weighted by molar-refractivity contribution is 0.0783. The molecule has 2 fully saturated rings. The minimum atomic E-state index is -1.74. The number of hydrogen-bond acceptors (Lipinski definition) is 2. The van der Waals surface area contributed by atoms with Gasteiger partial charge in [-0.1, -0.05) is 64.1 Å². The van der Waals surface area contributed by atoms with Gasteiger partial charge in [-0.05, 0) is 127 Å². The van der Waals surface area contributed by atoms with Crippen molar-refractivity contribution in [1.82, 2.24) is 0 Å². The van der Waals surface area contributed by atoms with Crippen LogP contribution in [0, 0.1) is 17.3 Å². The van der Waals surface area contributed by atoms with Crippen molar-refractivity contribution in [2.75, 3.05) is 6.61 Å². The van der Waals surface area contributed by atoms with E-state index < -0.39 is 14.4 Å². The van der Waals surface area contributed by atoms with Gasteiger partial charge in [-0.15, -0.1) is 0 Å². The molecule has 2 aromatic rings. The molecule has 3 aliphatic carbocycles. The molecule has 0 radical (unpaired) electrons. The Morgan fingerprint density at radius 3 is 2.46 bits per heavy atom. The van der Waals surface area contributed by atoms with E-state index in [2.05, 4.69) is 77.2 Å². The molecule has 2 saturated carbocycles. The fourth-order valence-electron chi connectivity index (χ4n) is 7.80. The third-order valence-corrected chi connectivity index (χ3v) is 15.8. The second-order valence-corrected chi connectivity index (χ2v) is 19.5. The van der Waals surface area contributed by atoms with Crippen molar-refractivity contribution in [3.05, 3.63) is 76.4 Å². The summed E-state index contributed by atoms with van der Waals surface area (Å²) in [5, 5.41) is 0.225. The van der Waals surface area contributed by atoms with Crippen LogP contribution in [0.25, 0.3) is 0 Å². The molecule has 0 bridgehead atoms. The Balaban J connectivity index is 1.35. The molecule has 5 heteroatoms. The molecular formula is C36H50F2O2Si. The number of hydrogen-bond donors (Lipinski definition) is 0. The van der Waals surface area contributed by atoms with Crippen LogP contribution in [-0.2, 0) is 23.9 Å². The first kappa shape index (κ1) is 30.5. The van der Waals surface area contributed by atoms with Crippen molar-refractivity contribution in [2.45, 2.75) is 116 Å². The fraction of sp³-hybridized carbons (Fsp3) is 0.611. The van der Waals surface area contributed by atoms with Crippen LogP contribution < -0.4 is 4.74 Å². The predicted molar refractivity (Wildman–Crippen MR) is 167 cm³/mol. The molecule has 2 nitrogen and oxygen atoms in total. The molecule has 2 aromatic carbocycles. The zero-order valence-electron chi connectivity index (χ0n) is 26.1. The van der Waals surface area contributed by atoms with Gasteiger partial charge in [0.15, 0.2) is 8.32 Å². The fourth-order valence-corrected chi connectivity index (χ4v) is 8.88. The van der Waals surface area contributed by atoms with Gasteiger partial charge in [0.25, 0.3) is 6.08 Å². The van der Waals surface area contributed by atoms with Crippen molar-refractivity contribution in [2.24, 2.45) is 17.3 Å². The minimum Gasteiger partial charge on any atom is -0.489 e. The molecule has 5 rings (SSSR count). The van der Waals surface area contributed by atoms with E-state index in [1.807, 2.05) is 6.07 Å². The molecule has 4 atom stereocenters. The van der Waals surface area contributed by atoms with Crippen LogP contribution in [0.1, 0.15) is 101 Å². The number of allylic oxidation sites excluding steroid dienone is 1. The summed E-state index contributed by atoms with van der Waals surface area (Å²) in [7, 11) is -1.74. The van der Waals surface area contributed by atoms with E-state index in [9.17, 15) is 8.78 Å². The average molecular weight is 581 g/mol. The van der Waals surface area contributed by atoms with E-state index in [1.165, 1.54) is 22.3 Å². The largest absolute Gasteiger partial charge is 0.489 e. The summed E-state index contributed by atoms with van der Waals surface area (Å²) in [6.07, 6.45) is 7.15. The first-order chi connectivity index (χ1) is 19.4. The van der Waals surface area contributed by atoms with Gasteiger partial charge in [0.05, 0.1) is 0 Å². The maximum atomic E-state index is 13.9. The van der Waals surface area contributed by atoms with Crippen LogP contribution in [0.2, 0.25) is 18.1 Å². The predicted octanol–water partition coefficient (Wildman–Crippen LogP) is 10.6. The number of ether oxygens (including phenoxy) is 1. The van der Waals surface area contributed by atoms with E-state index in [0.717, 1.165) is 63.7 Å². The summed E-state index contributed by atoms with van der Waals surface area (Å²) in [5.74, 6) is 2.36. The molecule has 0 amide bonds. The molecular weight excluding hydrogens is 530 g/mol. The van der Waals surface area contributed by atoms with E-state index in [1.54, 1.807) is 0 Å². The first-order valence-corrected chi connectivity index (χ1v) is 18.8. The monoisotopic (exact) mass is 580 g/mol. The van der Waals surface area contributed by atoms with Crippen molar-refractivity contribution < 1.29 is 17.9 Å². The number of unbranched alkanes of at least 4 members (excludes halogenated alkanes) is 1. The van der Waals surface area contributed by atoms with Crippen LogP contribution in [0.15, 0.2) is 54.1 Å². The van der Waals surface area contributed by atoms with Crippen LogP contribution in [0.5, 0.6) is 5.75 Å². The zero-order chi connectivity index (χ0) is 29.4. The first-order valence-electron chi connectivity index (χ1n) is 15.9. The maximum Gasteiger partial charge on any atom is 0.270 e. The maximum absolute atomic E-state index is 13.9. The summed E-state index contributed by atoms with van der Waals surface area (Å²) in [6, 6.07) is 15.2. The lowest BCUT2D eigenvalue weighted by atomic mass is 9.55. The molecule has 224 valence electrons. The molecule has 3 aliphatic rings. The van der Waals surface area contributed by atoms with E-state index in [-0.39, 0.29) is 10.5 Å². The van der Waals surface area contributed by atoms with Gasteiger partial charge in [-0.3, -0.25) is 0 Å². The molecule has 0 saturated heterocycles. The van der Waals surface area contributed by atoms with Gasteiger partial charge >= 0.3 is 0 Å². The van der Waals surface area contributed by atoms with Crippen LogP contribution >= 0.6 is 0 Å². The minimum absolute atomic E-state index is 0.225. The highest BCUT2D eigenvalue weighted by Crippen LogP contribution is 2.63. The molecule has 3 unspecified atom stereocenters. The Bertz CT molecular complexity index is 1240. The van der Waals surface area contributed by atoms with Gasteiger partial charge < -0.3 is 9.16 Å². The molecule has 0 N–H and O–H groups in total. The summed E-state index contributed by atoms with van der Waals surface area (Å²) >= 11 is 0. The third-order valence-electron chi connectivity index (χ3n) is 11.3. The highest BCUT2D eigenvalue weighted by atomic mass is 28.4. The Labute approximate surface area is 248 Å². The van der Waals surface area contributed by atoms with E-state index >= 15 is 0 Å². The van der Waals surface area contributed by atoms with Gasteiger partial charge in [0, 0.05) is 12.2 Å². The highest BCUT2D eigenvalue weighted by Gasteiger charge is 2.54. The van der Waals surface area contributed by atoms with Crippen molar-refractivity contribution >= 4 is 8.32 Å². The summed E-state index contributed by atoms with van der Waals surface area (Å²) in [6.45, 7) is 15.0. The average Bonchev–Trinajstić information content (AvgIpc) is 3.29. The number of halogens is 2. The number of benzene rings is 2. The summed E-state index contributed by atoms with van der Waals surface area (Å²) in [4.78, 5) is 0. The second-order valence-electron chi connectivity index (χ2n) is 14.6. The number of fused-ring (bicyclic) bond motifs is 5. The van der Waals surface area contributed by atoms with Gasteiger partial charge in [-0.25, -0.2) is 0 Å². The standard InChI is InChI=1S/C36H50F2O2Si/c1-35(2,3)41(5,6)40-21-11-10-14-27-22-30-26(23-33(27)39-24-25-12-8-7-9-13-25)15-16-29-28(30)19-20-36(4)31(29)17-18-32(36)34(37)38/h7-9,12-13,22-23,28-29,31H,10-11,14-21,24H2,1-6H3/t28?,29?,31?,36-/m0/s1. The van der Waals surface area contributed by atoms with Crippen molar-refractivity contribution in [3.8, 4) is 5.75 Å². The topological polar surface area (TPSA) is 18.5 Å².